The number of alkyl halides is 2. The van der Waals surface area contributed by atoms with Gasteiger partial charge in [-0.2, -0.15) is 0 Å². The summed E-state index contributed by atoms with van der Waals surface area (Å²) in [5.74, 6) is 0. The Kier molecular flexibility index (Phi) is 3.50. The Morgan fingerprint density at radius 1 is 0.944 bits per heavy atom. The van der Waals surface area contributed by atoms with Crippen LogP contribution >= 0.6 is 43.2 Å². The Balaban J connectivity index is 2.03. The van der Waals surface area contributed by atoms with Crippen LogP contribution < -0.4 is 0 Å². The van der Waals surface area contributed by atoms with E-state index in [1.807, 2.05) is 12.1 Å². The molecule has 0 radical (unpaired) electrons. The van der Waals surface area contributed by atoms with E-state index in [-0.39, 0.29) is 3.74 Å². The summed E-state index contributed by atoms with van der Waals surface area (Å²) in [6.45, 7) is 0. The molecule has 0 fully saturated rings. The van der Waals surface area contributed by atoms with Crippen molar-refractivity contribution in [1.82, 2.24) is 4.98 Å². The van der Waals surface area contributed by atoms with E-state index in [1.54, 1.807) is 11.3 Å². The second-order valence-electron chi connectivity index (χ2n) is 3.91. The van der Waals surface area contributed by atoms with Gasteiger partial charge < -0.3 is 0 Å². The average molecular weight is 383 g/mol. The minimum absolute atomic E-state index is 0.203. The Morgan fingerprint density at radius 3 is 2.33 bits per heavy atom. The number of hydrogen-bond donors (Lipinski definition) is 0. The average Bonchev–Trinajstić information content (AvgIpc) is 2.82. The lowest BCUT2D eigenvalue weighted by atomic mass is 10.2. The van der Waals surface area contributed by atoms with E-state index in [2.05, 4.69) is 73.2 Å². The molecule has 4 heteroatoms. The Labute approximate surface area is 126 Å². The summed E-state index contributed by atoms with van der Waals surface area (Å²) in [6, 6.07) is 16.7. The van der Waals surface area contributed by atoms with Gasteiger partial charge in [0.1, 0.15) is 5.01 Å². The molecule has 0 amide bonds. The fraction of sp³-hybridized carbons (Fsp3) is 0.0714. The maximum Gasteiger partial charge on any atom is 0.124 e. The number of fused-ring (bicyclic) bond motifs is 1. The number of rotatable bonds is 2. The summed E-state index contributed by atoms with van der Waals surface area (Å²) in [5, 5.41) is 1.07. The number of thiazole rings is 1. The van der Waals surface area contributed by atoms with Crippen LogP contribution in [0.15, 0.2) is 48.5 Å². The predicted molar refractivity (Wildman–Crippen MR) is 85.7 cm³/mol. The molecule has 18 heavy (non-hydrogen) atoms. The fourth-order valence-corrected chi connectivity index (χ4v) is 3.35. The minimum atomic E-state index is 0.203. The van der Waals surface area contributed by atoms with E-state index in [1.165, 1.54) is 15.8 Å². The molecule has 0 aliphatic carbocycles. The topological polar surface area (TPSA) is 12.9 Å². The largest absolute Gasteiger partial charge is 0.236 e. The van der Waals surface area contributed by atoms with Gasteiger partial charge >= 0.3 is 0 Å². The van der Waals surface area contributed by atoms with Gasteiger partial charge in [-0.25, -0.2) is 4.98 Å². The SMILES string of the molecule is BrC(Br)c1ccc(-c2nc3ccccc3s2)cc1. The number of benzene rings is 2. The monoisotopic (exact) mass is 381 g/mol. The van der Waals surface area contributed by atoms with Crippen LogP contribution in [0.3, 0.4) is 0 Å². The van der Waals surface area contributed by atoms with Crippen molar-refractivity contribution in [2.24, 2.45) is 0 Å². The fourth-order valence-electron chi connectivity index (χ4n) is 1.77. The summed E-state index contributed by atoms with van der Waals surface area (Å²) >= 11 is 8.72. The van der Waals surface area contributed by atoms with Crippen LogP contribution in [0.5, 0.6) is 0 Å². The lowest BCUT2D eigenvalue weighted by Crippen LogP contribution is -1.81. The first-order valence-electron chi connectivity index (χ1n) is 5.48. The molecule has 0 unspecified atom stereocenters. The van der Waals surface area contributed by atoms with Crippen LogP contribution in [-0.2, 0) is 0 Å². The van der Waals surface area contributed by atoms with Crippen LogP contribution in [0.4, 0.5) is 0 Å². The third kappa shape index (κ3) is 2.37. The van der Waals surface area contributed by atoms with Crippen LogP contribution in [0, 0.1) is 0 Å². The smallest absolute Gasteiger partial charge is 0.124 e. The highest BCUT2D eigenvalue weighted by Crippen LogP contribution is 2.33. The van der Waals surface area contributed by atoms with Gasteiger partial charge in [-0.3, -0.25) is 0 Å². The first-order valence-corrected chi connectivity index (χ1v) is 8.13. The predicted octanol–water partition coefficient (Wildman–Crippen LogP) is 5.75. The van der Waals surface area contributed by atoms with Crippen molar-refractivity contribution < 1.29 is 0 Å². The maximum atomic E-state index is 4.65. The lowest BCUT2D eigenvalue weighted by Gasteiger charge is -2.02. The molecular weight excluding hydrogens is 374 g/mol. The zero-order valence-electron chi connectivity index (χ0n) is 9.31. The van der Waals surface area contributed by atoms with E-state index in [4.69, 9.17) is 0 Å². The number of nitrogens with zero attached hydrogens (tertiary/aromatic N) is 1. The van der Waals surface area contributed by atoms with E-state index < -0.39 is 0 Å². The van der Waals surface area contributed by atoms with Crippen molar-refractivity contribution in [3.63, 3.8) is 0 Å². The third-order valence-corrected chi connectivity index (χ3v) is 4.85. The molecule has 0 saturated heterocycles. The standard InChI is InChI=1S/C14H9Br2NS/c15-13(16)9-5-7-10(8-6-9)14-17-11-3-1-2-4-12(11)18-14/h1-8,13H. The Hall–Kier alpha value is -0.710. The molecule has 0 aliphatic heterocycles. The summed E-state index contributed by atoms with van der Waals surface area (Å²) in [6.07, 6.45) is 0. The molecule has 0 bridgehead atoms. The third-order valence-electron chi connectivity index (χ3n) is 2.70. The van der Waals surface area contributed by atoms with Gasteiger partial charge in [-0.05, 0) is 17.7 Å². The Bertz CT molecular complexity index is 641. The molecule has 0 aliphatic rings. The zero-order valence-corrected chi connectivity index (χ0v) is 13.3. The molecule has 1 heterocycles. The molecule has 0 spiro atoms. The molecule has 3 aromatic rings. The van der Waals surface area contributed by atoms with Crippen LogP contribution in [0.1, 0.15) is 9.30 Å². The number of aromatic nitrogens is 1. The van der Waals surface area contributed by atoms with Crippen molar-refractivity contribution >= 4 is 53.4 Å². The van der Waals surface area contributed by atoms with Crippen LogP contribution in [0.25, 0.3) is 20.8 Å². The van der Waals surface area contributed by atoms with Gasteiger partial charge in [0.2, 0.25) is 0 Å². The van der Waals surface area contributed by atoms with E-state index in [0.717, 1.165) is 10.5 Å². The molecule has 0 saturated carbocycles. The molecule has 0 atom stereocenters. The highest BCUT2D eigenvalue weighted by molar-refractivity contribution is 9.24. The van der Waals surface area contributed by atoms with E-state index in [0.29, 0.717) is 0 Å². The molecule has 0 N–H and O–H groups in total. The summed E-state index contributed by atoms with van der Waals surface area (Å²) in [4.78, 5) is 4.65. The molecule has 90 valence electrons. The van der Waals surface area contributed by atoms with Crippen molar-refractivity contribution in [2.75, 3.05) is 0 Å². The lowest BCUT2D eigenvalue weighted by molar-refractivity contribution is 1.41. The quantitative estimate of drug-likeness (QED) is 0.514. The first-order chi connectivity index (χ1) is 8.74. The van der Waals surface area contributed by atoms with E-state index >= 15 is 0 Å². The normalized spacial score (nSPS) is 11.3. The first kappa shape index (κ1) is 12.3. The van der Waals surface area contributed by atoms with Gasteiger partial charge in [0, 0.05) is 5.56 Å². The van der Waals surface area contributed by atoms with Crippen LogP contribution in [0.2, 0.25) is 0 Å². The molecule has 1 aromatic heterocycles. The van der Waals surface area contributed by atoms with Gasteiger partial charge in [0.15, 0.2) is 0 Å². The van der Waals surface area contributed by atoms with Crippen LogP contribution in [-0.4, -0.2) is 4.98 Å². The maximum absolute atomic E-state index is 4.65. The van der Waals surface area contributed by atoms with Gasteiger partial charge in [0.25, 0.3) is 0 Å². The molecule has 3 rings (SSSR count). The highest BCUT2D eigenvalue weighted by atomic mass is 79.9. The second-order valence-corrected chi connectivity index (χ2v) is 8.00. The van der Waals surface area contributed by atoms with Crippen molar-refractivity contribution in [2.45, 2.75) is 3.74 Å². The van der Waals surface area contributed by atoms with Gasteiger partial charge in [-0.1, -0.05) is 68.3 Å². The number of para-hydroxylation sites is 1. The molecule has 2 aromatic carbocycles. The Morgan fingerprint density at radius 2 is 1.67 bits per heavy atom. The molecule has 1 nitrogen and oxygen atoms in total. The van der Waals surface area contributed by atoms with Gasteiger partial charge in [0.05, 0.1) is 14.0 Å². The summed E-state index contributed by atoms with van der Waals surface area (Å²) < 4.78 is 1.44. The van der Waals surface area contributed by atoms with Crippen molar-refractivity contribution in [1.29, 1.82) is 0 Å². The second kappa shape index (κ2) is 5.11. The van der Waals surface area contributed by atoms with E-state index in [9.17, 15) is 0 Å². The molecular formula is C14H9Br2NS. The summed E-state index contributed by atoms with van der Waals surface area (Å²) in [7, 11) is 0. The van der Waals surface area contributed by atoms with Crippen molar-refractivity contribution in [3.8, 4) is 10.6 Å². The van der Waals surface area contributed by atoms with Gasteiger partial charge in [-0.15, -0.1) is 11.3 Å². The number of hydrogen-bond acceptors (Lipinski definition) is 2. The highest BCUT2D eigenvalue weighted by Gasteiger charge is 2.07. The van der Waals surface area contributed by atoms with Crippen molar-refractivity contribution in [3.05, 3.63) is 54.1 Å². The summed E-state index contributed by atoms with van der Waals surface area (Å²) in [5.41, 5.74) is 3.45. The zero-order chi connectivity index (χ0) is 12.5. The minimum Gasteiger partial charge on any atom is -0.236 e. The number of halogens is 2.